The molecule has 2 aromatic carbocycles. The Bertz CT molecular complexity index is 714. The van der Waals surface area contributed by atoms with Gasteiger partial charge >= 0.3 is 0 Å². The van der Waals surface area contributed by atoms with Crippen molar-refractivity contribution in [2.24, 2.45) is 4.99 Å². The van der Waals surface area contributed by atoms with E-state index in [1.54, 1.807) is 20.2 Å². The number of rotatable bonds is 8. The number of hydrogen-bond donors (Lipinski definition) is 2. The van der Waals surface area contributed by atoms with Crippen LogP contribution in [0.3, 0.4) is 0 Å². The zero-order valence-electron chi connectivity index (χ0n) is 14.8. The van der Waals surface area contributed by atoms with Gasteiger partial charge in [-0.15, -0.1) is 0 Å². The van der Waals surface area contributed by atoms with Crippen LogP contribution in [-0.4, -0.2) is 26.7 Å². The van der Waals surface area contributed by atoms with E-state index in [0.717, 1.165) is 28.6 Å². The summed E-state index contributed by atoms with van der Waals surface area (Å²) in [5, 5.41) is 6.60. The van der Waals surface area contributed by atoms with E-state index in [-0.39, 0.29) is 0 Å². The Morgan fingerprint density at radius 2 is 1.92 bits per heavy atom. The number of nitrogens with zero attached hydrogens (tertiary/aromatic N) is 1. The van der Waals surface area contributed by atoms with Crippen LogP contribution in [0.1, 0.15) is 11.1 Å². The van der Waals surface area contributed by atoms with Gasteiger partial charge in [0.15, 0.2) is 5.96 Å². The zero-order valence-corrected chi connectivity index (χ0v) is 14.8. The van der Waals surface area contributed by atoms with Crippen LogP contribution in [0.5, 0.6) is 11.5 Å². The lowest BCUT2D eigenvalue weighted by Crippen LogP contribution is -2.36. The van der Waals surface area contributed by atoms with Gasteiger partial charge in [0.05, 0.1) is 7.11 Å². The molecule has 0 atom stereocenters. The third-order valence-electron chi connectivity index (χ3n) is 3.59. The predicted octanol–water partition coefficient (Wildman–Crippen LogP) is 3.13. The van der Waals surface area contributed by atoms with Crippen LogP contribution in [0, 0.1) is 0 Å². The second-order valence-corrected chi connectivity index (χ2v) is 5.34. The van der Waals surface area contributed by atoms with Crippen molar-refractivity contribution in [3.05, 3.63) is 72.3 Å². The molecular formula is C20H25N3O2. The topological polar surface area (TPSA) is 54.9 Å². The molecule has 0 aromatic heterocycles. The molecule has 2 rings (SSSR count). The largest absolute Gasteiger partial charge is 0.497 e. The molecule has 0 aliphatic carbocycles. The van der Waals surface area contributed by atoms with E-state index in [4.69, 9.17) is 9.47 Å². The van der Waals surface area contributed by atoms with E-state index in [0.29, 0.717) is 19.7 Å². The standard InChI is InChI=1S/C20H25N3O2/c1-4-12-25-19-11-6-5-9-17(19)15-23-20(21-2)22-14-16-8-7-10-18(13-16)24-3/h4-11,13H,1,12,14-15H2,2-3H3,(H2,21,22,23). The molecule has 5 heteroatoms. The fraction of sp³-hybridized carbons (Fsp3) is 0.250. The van der Waals surface area contributed by atoms with Crippen LogP contribution in [-0.2, 0) is 13.1 Å². The molecule has 5 nitrogen and oxygen atoms in total. The summed E-state index contributed by atoms with van der Waals surface area (Å²) in [4.78, 5) is 4.26. The van der Waals surface area contributed by atoms with Gasteiger partial charge in [-0.05, 0) is 23.8 Å². The number of hydrogen-bond acceptors (Lipinski definition) is 3. The van der Waals surface area contributed by atoms with Crippen molar-refractivity contribution in [1.29, 1.82) is 0 Å². The van der Waals surface area contributed by atoms with E-state index < -0.39 is 0 Å². The average Bonchev–Trinajstić information content (AvgIpc) is 2.67. The summed E-state index contributed by atoms with van der Waals surface area (Å²) in [5.74, 6) is 2.41. The molecule has 0 saturated carbocycles. The van der Waals surface area contributed by atoms with Crippen LogP contribution in [0.15, 0.2) is 66.2 Å². The van der Waals surface area contributed by atoms with E-state index in [1.807, 2.05) is 48.5 Å². The molecule has 0 unspecified atom stereocenters. The molecule has 25 heavy (non-hydrogen) atoms. The minimum Gasteiger partial charge on any atom is -0.497 e. The molecule has 0 amide bonds. The van der Waals surface area contributed by atoms with Crippen LogP contribution >= 0.6 is 0 Å². The fourth-order valence-corrected chi connectivity index (χ4v) is 2.31. The molecule has 0 radical (unpaired) electrons. The molecule has 0 aliphatic heterocycles. The molecule has 2 N–H and O–H groups in total. The summed E-state index contributed by atoms with van der Waals surface area (Å²) in [7, 11) is 3.42. The minimum atomic E-state index is 0.486. The number of ether oxygens (including phenoxy) is 2. The van der Waals surface area contributed by atoms with Crippen molar-refractivity contribution in [2.45, 2.75) is 13.1 Å². The highest BCUT2D eigenvalue weighted by Gasteiger charge is 2.04. The van der Waals surface area contributed by atoms with Gasteiger partial charge in [-0.3, -0.25) is 4.99 Å². The van der Waals surface area contributed by atoms with Crippen LogP contribution in [0.2, 0.25) is 0 Å². The van der Waals surface area contributed by atoms with Crippen LogP contribution < -0.4 is 20.1 Å². The molecule has 132 valence electrons. The van der Waals surface area contributed by atoms with Crippen molar-refractivity contribution >= 4 is 5.96 Å². The van der Waals surface area contributed by atoms with Gasteiger partial charge in [0, 0.05) is 25.7 Å². The van der Waals surface area contributed by atoms with Crippen molar-refractivity contribution in [3.63, 3.8) is 0 Å². The normalized spacial score (nSPS) is 10.9. The van der Waals surface area contributed by atoms with Crippen LogP contribution in [0.25, 0.3) is 0 Å². The first-order valence-corrected chi connectivity index (χ1v) is 8.16. The lowest BCUT2D eigenvalue weighted by Gasteiger charge is -2.14. The number of benzene rings is 2. The SMILES string of the molecule is C=CCOc1ccccc1CNC(=NC)NCc1cccc(OC)c1. The van der Waals surface area contributed by atoms with Gasteiger partial charge in [-0.25, -0.2) is 0 Å². The number of para-hydroxylation sites is 1. The van der Waals surface area contributed by atoms with Gasteiger partial charge in [0.1, 0.15) is 18.1 Å². The number of guanidine groups is 1. The summed E-state index contributed by atoms with van der Waals surface area (Å²) in [6, 6.07) is 15.9. The van der Waals surface area contributed by atoms with Crippen molar-refractivity contribution in [1.82, 2.24) is 10.6 Å². The van der Waals surface area contributed by atoms with E-state index in [2.05, 4.69) is 22.2 Å². The Balaban J connectivity index is 1.91. The van der Waals surface area contributed by atoms with Crippen molar-refractivity contribution in [3.8, 4) is 11.5 Å². The molecule has 0 heterocycles. The first kappa shape index (κ1) is 18.4. The number of nitrogens with one attached hydrogen (secondary N) is 2. The van der Waals surface area contributed by atoms with Crippen molar-refractivity contribution < 1.29 is 9.47 Å². The third-order valence-corrected chi connectivity index (χ3v) is 3.59. The van der Waals surface area contributed by atoms with Gasteiger partial charge < -0.3 is 20.1 Å². The van der Waals surface area contributed by atoms with Gasteiger partial charge in [-0.1, -0.05) is 43.0 Å². The smallest absolute Gasteiger partial charge is 0.191 e. The summed E-state index contributed by atoms with van der Waals surface area (Å²) < 4.78 is 10.9. The highest BCUT2D eigenvalue weighted by molar-refractivity contribution is 5.79. The maximum atomic E-state index is 5.67. The molecule has 0 spiro atoms. The van der Waals surface area contributed by atoms with E-state index in [1.165, 1.54) is 0 Å². The minimum absolute atomic E-state index is 0.486. The molecule has 0 fully saturated rings. The predicted molar refractivity (Wildman–Crippen MR) is 102 cm³/mol. The summed E-state index contributed by atoms with van der Waals surface area (Å²) in [5.41, 5.74) is 2.19. The molecule has 0 aliphatic rings. The lowest BCUT2D eigenvalue weighted by molar-refractivity contribution is 0.358. The Hall–Kier alpha value is -2.95. The van der Waals surface area contributed by atoms with E-state index in [9.17, 15) is 0 Å². The maximum Gasteiger partial charge on any atom is 0.191 e. The Kier molecular flexibility index (Phi) is 7.38. The lowest BCUT2D eigenvalue weighted by atomic mass is 10.2. The highest BCUT2D eigenvalue weighted by Crippen LogP contribution is 2.17. The second-order valence-electron chi connectivity index (χ2n) is 5.34. The van der Waals surface area contributed by atoms with Crippen molar-refractivity contribution in [2.75, 3.05) is 20.8 Å². The Labute approximate surface area is 149 Å². The molecule has 2 aromatic rings. The third kappa shape index (κ3) is 5.88. The van der Waals surface area contributed by atoms with Gasteiger partial charge in [0.25, 0.3) is 0 Å². The summed E-state index contributed by atoms with van der Waals surface area (Å²) >= 11 is 0. The highest BCUT2D eigenvalue weighted by atomic mass is 16.5. The number of methoxy groups -OCH3 is 1. The quantitative estimate of drug-likeness (QED) is 0.441. The van der Waals surface area contributed by atoms with Crippen LogP contribution in [0.4, 0.5) is 0 Å². The fourth-order valence-electron chi connectivity index (χ4n) is 2.31. The van der Waals surface area contributed by atoms with Gasteiger partial charge in [0.2, 0.25) is 0 Å². The zero-order chi connectivity index (χ0) is 17.9. The second kappa shape index (κ2) is 10.0. The summed E-state index contributed by atoms with van der Waals surface area (Å²) in [6.07, 6.45) is 1.73. The number of aliphatic imine (C=N–C) groups is 1. The Morgan fingerprint density at radius 1 is 1.12 bits per heavy atom. The monoisotopic (exact) mass is 339 g/mol. The summed E-state index contributed by atoms with van der Waals surface area (Å²) in [6.45, 7) is 5.44. The van der Waals surface area contributed by atoms with Gasteiger partial charge in [-0.2, -0.15) is 0 Å². The average molecular weight is 339 g/mol. The first-order chi connectivity index (χ1) is 12.3. The Morgan fingerprint density at radius 3 is 2.68 bits per heavy atom. The molecular weight excluding hydrogens is 314 g/mol. The van der Waals surface area contributed by atoms with E-state index >= 15 is 0 Å². The molecule has 0 bridgehead atoms. The maximum absolute atomic E-state index is 5.67. The molecule has 0 saturated heterocycles. The first-order valence-electron chi connectivity index (χ1n) is 8.16.